The summed E-state index contributed by atoms with van der Waals surface area (Å²) in [6.07, 6.45) is 0. The van der Waals surface area contributed by atoms with E-state index in [1.807, 2.05) is 6.92 Å². The van der Waals surface area contributed by atoms with E-state index in [4.69, 9.17) is 16.2 Å². The molecule has 0 radical (unpaired) electrons. The molecule has 2 aromatic rings. The van der Waals surface area contributed by atoms with Crippen molar-refractivity contribution in [3.63, 3.8) is 0 Å². The molecule has 0 saturated carbocycles. The van der Waals surface area contributed by atoms with Crippen molar-refractivity contribution in [3.05, 3.63) is 51.7 Å². The molecule has 2 rings (SSSR count). The van der Waals surface area contributed by atoms with E-state index >= 15 is 0 Å². The lowest BCUT2D eigenvalue weighted by Crippen LogP contribution is -2.12. The van der Waals surface area contributed by atoms with Crippen molar-refractivity contribution < 1.29 is 13.9 Å². The molecule has 0 atom stereocenters. The van der Waals surface area contributed by atoms with E-state index in [9.17, 15) is 9.18 Å². The average Bonchev–Trinajstić information content (AvgIpc) is 2.35. The Bertz CT molecular complexity index is 689. The Kier molecular flexibility index (Phi) is 3.94. The number of ether oxygens (including phenoxy) is 1. The van der Waals surface area contributed by atoms with Crippen molar-refractivity contribution in [1.29, 1.82) is 0 Å². The van der Waals surface area contributed by atoms with Gasteiger partial charge in [0.1, 0.15) is 17.3 Å². The Morgan fingerprint density at radius 1 is 1.30 bits per heavy atom. The Labute approximate surface area is 123 Å². The first-order valence-electron chi connectivity index (χ1n) is 5.71. The summed E-state index contributed by atoms with van der Waals surface area (Å²) in [5, 5.41) is 0. The summed E-state index contributed by atoms with van der Waals surface area (Å²) in [5.41, 5.74) is 12.1. The SMILES string of the molecule is Cc1cc(Oc2ccc(C(N)=O)c(F)c2)c(Br)cc1N. The molecular weight excluding hydrogens is 327 g/mol. The number of anilines is 1. The van der Waals surface area contributed by atoms with Crippen molar-refractivity contribution in [2.24, 2.45) is 5.73 Å². The number of benzene rings is 2. The van der Waals surface area contributed by atoms with Gasteiger partial charge in [-0.05, 0) is 52.7 Å². The molecule has 0 aliphatic carbocycles. The second-order valence-electron chi connectivity index (χ2n) is 4.25. The maximum Gasteiger partial charge on any atom is 0.251 e. The number of carbonyl (C=O) groups excluding carboxylic acids is 1. The number of aryl methyl sites for hydroxylation is 1. The molecule has 0 aromatic heterocycles. The number of hydrogen-bond donors (Lipinski definition) is 2. The van der Waals surface area contributed by atoms with Gasteiger partial charge in [-0.15, -0.1) is 0 Å². The Morgan fingerprint density at radius 2 is 2.00 bits per heavy atom. The summed E-state index contributed by atoms with van der Waals surface area (Å²) in [6, 6.07) is 7.31. The molecule has 0 bridgehead atoms. The molecule has 4 N–H and O–H groups in total. The van der Waals surface area contributed by atoms with E-state index < -0.39 is 11.7 Å². The summed E-state index contributed by atoms with van der Waals surface area (Å²) < 4.78 is 19.9. The molecule has 6 heteroatoms. The molecule has 104 valence electrons. The average molecular weight is 339 g/mol. The molecular formula is C14H12BrFN2O2. The van der Waals surface area contributed by atoms with Crippen LogP contribution in [-0.2, 0) is 0 Å². The second-order valence-corrected chi connectivity index (χ2v) is 5.10. The van der Waals surface area contributed by atoms with Crippen LogP contribution in [0.4, 0.5) is 10.1 Å². The predicted octanol–water partition coefficient (Wildman–Crippen LogP) is 3.37. The molecule has 2 aromatic carbocycles. The lowest BCUT2D eigenvalue weighted by molar-refractivity contribution is 0.0996. The Balaban J connectivity index is 2.33. The van der Waals surface area contributed by atoms with E-state index in [-0.39, 0.29) is 11.3 Å². The highest BCUT2D eigenvalue weighted by Gasteiger charge is 2.11. The first-order valence-corrected chi connectivity index (χ1v) is 6.50. The predicted molar refractivity (Wildman–Crippen MR) is 78.3 cm³/mol. The van der Waals surface area contributed by atoms with Crippen LogP contribution in [0, 0.1) is 12.7 Å². The third-order valence-electron chi connectivity index (χ3n) is 2.75. The number of carbonyl (C=O) groups is 1. The minimum Gasteiger partial charge on any atom is -0.456 e. The topological polar surface area (TPSA) is 78.3 Å². The monoisotopic (exact) mass is 338 g/mol. The molecule has 0 unspecified atom stereocenters. The molecule has 4 nitrogen and oxygen atoms in total. The van der Waals surface area contributed by atoms with Crippen molar-refractivity contribution in [1.82, 2.24) is 0 Å². The maximum atomic E-state index is 13.6. The van der Waals surface area contributed by atoms with Gasteiger partial charge in [0.15, 0.2) is 0 Å². The fourth-order valence-corrected chi connectivity index (χ4v) is 2.08. The van der Waals surface area contributed by atoms with Crippen LogP contribution < -0.4 is 16.2 Å². The fourth-order valence-electron chi connectivity index (χ4n) is 1.63. The van der Waals surface area contributed by atoms with Crippen molar-refractivity contribution in [3.8, 4) is 11.5 Å². The largest absolute Gasteiger partial charge is 0.456 e. The molecule has 0 heterocycles. The summed E-state index contributed by atoms with van der Waals surface area (Å²) in [7, 11) is 0. The molecule has 0 saturated heterocycles. The smallest absolute Gasteiger partial charge is 0.251 e. The van der Waals surface area contributed by atoms with E-state index in [1.165, 1.54) is 12.1 Å². The molecule has 20 heavy (non-hydrogen) atoms. The first kappa shape index (κ1) is 14.3. The van der Waals surface area contributed by atoms with Crippen molar-refractivity contribution in [2.75, 3.05) is 5.73 Å². The van der Waals surface area contributed by atoms with E-state index in [0.717, 1.165) is 11.6 Å². The summed E-state index contributed by atoms with van der Waals surface area (Å²) >= 11 is 3.32. The summed E-state index contributed by atoms with van der Waals surface area (Å²) in [4.78, 5) is 10.9. The van der Waals surface area contributed by atoms with E-state index in [0.29, 0.717) is 15.9 Å². The van der Waals surface area contributed by atoms with Crippen LogP contribution in [-0.4, -0.2) is 5.91 Å². The minimum atomic E-state index is -0.821. The van der Waals surface area contributed by atoms with Crippen LogP contribution in [0.15, 0.2) is 34.8 Å². The van der Waals surface area contributed by atoms with Crippen LogP contribution in [0.25, 0.3) is 0 Å². The number of rotatable bonds is 3. The number of nitrogens with two attached hydrogens (primary N) is 2. The molecule has 0 fully saturated rings. The van der Waals surface area contributed by atoms with Gasteiger partial charge < -0.3 is 16.2 Å². The van der Waals surface area contributed by atoms with Crippen LogP contribution >= 0.6 is 15.9 Å². The highest BCUT2D eigenvalue weighted by Crippen LogP contribution is 2.33. The zero-order chi connectivity index (χ0) is 14.9. The summed E-state index contributed by atoms with van der Waals surface area (Å²) in [5.74, 6) is -0.780. The van der Waals surface area contributed by atoms with Gasteiger partial charge in [-0.25, -0.2) is 4.39 Å². The van der Waals surface area contributed by atoms with Crippen molar-refractivity contribution >= 4 is 27.5 Å². The zero-order valence-corrected chi connectivity index (χ0v) is 12.2. The number of nitrogen functional groups attached to an aromatic ring is 1. The van der Waals surface area contributed by atoms with Crippen molar-refractivity contribution in [2.45, 2.75) is 6.92 Å². The number of hydrogen-bond acceptors (Lipinski definition) is 3. The van der Waals surface area contributed by atoms with Gasteiger partial charge in [0, 0.05) is 11.8 Å². The van der Waals surface area contributed by atoms with E-state index in [2.05, 4.69) is 15.9 Å². The molecule has 0 aliphatic heterocycles. The molecule has 1 amide bonds. The van der Waals surface area contributed by atoms with Gasteiger partial charge in [-0.2, -0.15) is 0 Å². The number of amides is 1. The van der Waals surface area contributed by atoms with Gasteiger partial charge in [0.25, 0.3) is 5.91 Å². The Hall–Kier alpha value is -2.08. The number of halogens is 2. The zero-order valence-electron chi connectivity index (χ0n) is 10.6. The lowest BCUT2D eigenvalue weighted by atomic mass is 10.2. The molecule has 0 aliphatic rings. The quantitative estimate of drug-likeness (QED) is 0.842. The third-order valence-corrected chi connectivity index (χ3v) is 3.37. The van der Waals surface area contributed by atoms with Gasteiger partial charge in [-0.1, -0.05) is 0 Å². The van der Waals surface area contributed by atoms with Gasteiger partial charge in [-0.3, -0.25) is 4.79 Å². The van der Waals surface area contributed by atoms with Crippen LogP contribution in [0.3, 0.4) is 0 Å². The van der Waals surface area contributed by atoms with Crippen LogP contribution in [0.5, 0.6) is 11.5 Å². The third kappa shape index (κ3) is 2.91. The van der Waals surface area contributed by atoms with Gasteiger partial charge in [0.05, 0.1) is 10.0 Å². The van der Waals surface area contributed by atoms with Gasteiger partial charge >= 0.3 is 0 Å². The minimum absolute atomic E-state index is 0.176. The lowest BCUT2D eigenvalue weighted by Gasteiger charge is -2.11. The normalized spacial score (nSPS) is 10.3. The number of primary amides is 1. The molecule has 0 spiro atoms. The highest BCUT2D eigenvalue weighted by atomic mass is 79.9. The van der Waals surface area contributed by atoms with Gasteiger partial charge in [0.2, 0.25) is 0 Å². The Morgan fingerprint density at radius 3 is 2.60 bits per heavy atom. The maximum absolute atomic E-state index is 13.6. The fraction of sp³-hybridized carbons (Fsp3) is 0.0714. The highest BCUT2D eigenvalue weighted by molar-refractivity contribution is 9.10. The van der Waals surface area contributed by atoms with Crippen LogP contribution in [0.1, 0.15) is 15.9 Å². The second kappa shape index (κ2) is 5.50. The first-order chi connectivity index (χ1) is 9.38. The van der Waals surface area contributed by atoms with Crippen LogP contribution in [0.2, 0.25) is 0 Å². The van der Waals surface area contributed by atoms with E-state index in [1.54, 1.807) is 12.1 Å². The standard InChI is InChI=1S/C14H12BrFN2O2/c1-7-4-13(10(15)6-12(7)17)20-8-2-3-9(14(18)19)11(16)5-8/h2-6H,17H2,1H3,(H2,18,19). The summed E-state index contributed by atoms with van der Waals surface area (Å²) in [6.45, 7) is 1.84.